The Morgan fingerprint density at radius 2 is 1.85 bits per heavy atom. The standard InChI is InChI=1S/C21H21NO5/c1-2-26-20(24)16-10-11-18-17(13-16)19(23)9-6-12-22(18)21(25)27-14-15-7-4-3-5-8-15/h3-5,7-8,10-11,13H,2,6,9,12,14H2,1H3. The van der Waals surface area contributed by atoms with Crippen LogP contribution in [0.5, 0.6) is 0 Å². The smallest absolute Gasteiger partial charge is 0.414 e. The molecule has 6 nitrogen and oxygen atoms in total. The third-order valence-electron chi connectivity index (χ3n) is 4.31. The number of esters is 1. The van der Waals surface area contributed by atoms with Crippen LogP contribution in [0.1, 0.15) is 46.0 Å². The van der Waals surface area contributed by atoms with Gasteiger partial charge < -0.3 is 9.47 Å². The lowest BCUT2D eigenvalue weighted by Gasteiger charge is -2.22. The van der Waals surface area contributed by atoms with Gasteiger partial charge in [0.05, 0.1) is 17.9 Å². The fourth-order valence-corrected chi connectivity index (χ4v) is 2.98. The molecule has 0 saturated heterocycles. The average molecular weight is 367 g/mol. The molecule has 27 heavy (non-hydrogen) atoms. The van der Waals surface area contributed by atoms with Crippen LogP contribution in [0.4, 0.5) is 10.5 Å². The second-order valence-electron chi connectivity index (χ2n) is 6.17. The van der Waals surface area contributed by atoms with Crippen molar-refractivity contribution in [3.8, 4) is 0 Å². The Morgan fingerprint density at radius 3 is 2.59 bits per heavy atom. The summed E-state index contributed by atoms with van der Waals surface area (Å²) in [4.78, 5) is 38.5. The number of rotatable bonds is 4. The van der Waals surface area contributed by atoms with Crippen LogP contribution >= 0.6 is 0 Å². The molecule has 0 bridgehead atoms. The number of nitrogens with zero attached hydrogens (tertiary/aromatic N) is 1. The van der Waals surface area contributed by atoms with E-state index < -0.39 is 12.1 Å². The maximum atomic E-state index is 12.6. The van der Waals surface area contributed by atoms with Gasteiger partial charge in [0.2, 0.25) is 0 Å². The minimum Gasteiger partial charge on any atom is -0.462 e. The second kappa shape index (κ2) is 8.49. The zero-order chi connectivity index (χ0) is 19.2. The number of fused-ring (bicyclic) bond motifs is 1. The molecular weight excluding hydrogens is 346 g/mol. The number of Topliss-reactive ketones (excluding diaryl/α,β-unsaturated/α-hetero) is 1. The molecule has 6 heteroatoms. The molecule has 0 radical (unpaired) electrons. The first-order valence-corrected chi connectivity index (χ1v) is 8.92. The molecule has 1 aliphatic heterocycles. The highest BCUT2D eigenvalue weighted by Crippen LogP contribution is 2.28. The van der Waals surface area contributed by atoms with E-state index in [1.807, 2.05) is 30.3 Å². The molecular formula is C21H21NO5. The number of ketones is 1. The number of amides is 1. The van der Waals surface area contributed by atoms with Gasteiger partial charge in [0.25, 0.3) is 0 Å². The highest BCUT2D eigenvalue weighted by Gasteiger charge is 2.27. The maximum absolute atomic E-state index is 12.6. The van der Waals surface area contributed by atoms with Gasteiger partial charge in [-0.1, -0.05) is 30.3 Å². The van der Waals surface area contributed by atoms with E-state index in [2.05, 4.69) is 0 Å². The van der Waals surface area contributed by atoms with Crippen molar-refractivity contribution in [3.05, 3.63) is 65.2 Å². The molecule has 0 aliphatic carbocycles. The fourth-order valence-electron chi connectivity index (χ4n) is 2.98. The van der Waals surface area contributed by atoms with E-state index in [1.54, 1.807) is 19.1 Å². The normalized spacial score (nSPS) is 13.5. The van der Waals surface area contributed by atoms with Crippen molar-refractivity contribution >= 4 is 23.5 Å². The molecule has 2 aromatic rings. The summed E-state index contributed by atoms with van der Waals surface area (Å²) in [5.41, 5.74) is 1.98. The fraction of sp³-hybridized carbons (Fsp3) is 0.286. The minimum atomic E-state index is -0.515. The van der Waals surface area contributed by atoms with Crippen molar-refractivity contribution in [2.45, 2.75) is 26.4 Å². The van der Waals surface area contributed by atoms with E-state index in [4.69, 9.17) is 9.47 Å². The number of carbonyl (C=O) groups is 3. The predicted molar refractivity (Wildman–Crippen MR) is 99.9 cm³/mol. The lowest BCUT2D eigenvalue weighted by Crippen LogP contribution is -2.32. The van der Waals surface area contributed by atoms with Crippen molar-refractivity contribution < 1.29 is 23.9 Å². The van der Waals surface area contributed by atoms with Crippen LogP contribution < -0.4 is 4.90 Å². The average Bonchev–Trinajstić information content (AvgIpc) is 2.86. The zero-order valence-corrected chi connectivity index (χ0v) is 15.1. The number of hydrogen-bond acceptors (Lipinski definition) is 5. The van der Waals surface area contributed by atoms with Gasteiger partial charge in [-0.15, -0.1) is 0 Å². The topological polar surface area (TPSA) is 72.9 Å². The van der Waals surface area contributed by atoms with Gasteiger partial charge >= 0.3 is 12.1 Å². The van der Waals surface area contributed by atoms with Crippen LogP contribution in [-0.2, 0) is 16.1 Å². The summed E-state index contributed by atoms with van der Waals surface area (Å²) in [7, 11) is 0. The molecule has 0 spiro atoms. The van der Waals surface area contributed by atoms with E-state index in [0.717, 1.165) is 5.56 Å². The van der Waals surface area contributed by atoms with Gasteiger partial charge in [0.15, 0.2) is 5.78 Å². The lowest BCUT2D eigenvalue weighted by atomic mass is 10.0. The summed E-state index contributed by atoms with van der Waals surface area (Å²) >= 11 is 0. The summed E-state index contributed by atoms with van der Waals surface area (Å²) < 4.78 is 10.4. The number of benzene rings is 2. The molecule has 2 aromatic carbocycles. The third-order valence-corrected chi connectivity index (χ3v) is 4.31. The molecule has 1 heterocycles. The Labute approximate surface area is 157 Å². The van der Waals surface area contributed by atoms with E-state index >= 15 is 0 Å². The van der Waals surface area contributed by atoms with Gasteiger partial charge in [0.1, 0.15) is 6.61 Å². The van der Waals surface area contributed by atoms with Crippen LogP contribution in [-0.4, -0.2) is 31.0 Å². The predicted octanol–water partition coefficient (Wildman–Crippen LogP) is 3.98. The summed E-state index contributed by atoms with van der Waals surface area (Å²) in [6.45, 7) is 2.50. The molecule has 0 saturated carbocycles. The van der Waals surface area contributed by atoms with Gasteiger partial charge in [-0.25, -0.2) is 9.59 Å². The van der Waals surface area contributed by atoms with Crippen molar-refractivity contribution in [1.82, 2.24) is 0 Å². The largest absolute Gasteiger partial charge is 0.462 e. The Balaban J connectivity index is 1.83. The van der Waals surface area contributed by atoms with Crippen LogP contribution in [0.25, 0.3) is 0 Å². The number of anilines is 1. The van der Waals surface area contributed by atoms with E-state index in [0.29, 0.717) is 36.2 Å². The van der Waals surface area contributed by atoms with Crippen LogP contribution in [0.15, 0.2) is 48.5 Å². The van der Waals surface area contributed by atoms with Gasteiger partial charge in [-0.2, -0.15) is 0 Å². The van der Waals surface area contributed by atoms with Crippen molar-refractivity contribution in [3.63, 3.8) is 0 Å². The first-order chi connectivity index (χ1) is 13.1. The molecule has 0 atom stereocenters. The van der Waals surface area contributed by atoms with Crippen LogP contribution in [0.2, 0.25) is 0 Å². The molecule has 3 rings (SSSR count). The first-order valence-electron chi connectivity index (χ1n) is 8.92. The molecule has 140 valence electrons. The Morgan fingerprint density at radius 1 is 1.07 bits per heavy atom. The molecule has 0 fully saturated rings. The summed E-state index contributed by atoms with van der Waals surface area (Å²) in [6, 6.07) is 14.1. The van der Waals surface area contributed by atoms with Crippen molar-refractivity contribution in [2.24, 2.45) is 0 Å². The third kappa shape index (κ3) is 4.34. The van der Waals surface area contributed by atoms with Crippen molar-refractivity contribution in [2.75, 3.05) is 18.1 Å². The SMILES string of the molecule is CCOC(=O)c1ccc2c(c1)C(=O)CCCN2C(=O)OCc1ccccc1. The monoisotopic (exact) mass is 367 g/mol. The summed E-state index contributed by atoms with van der Waals surface area (Å²) in [5, 5.41) is 0. The maximum Gasteiger partial charge on any atom is 0.414 e. The second-order valence-corrected chi connectivity index (χ2v) is 6.17. The number of ether oxygens (including phenoxy) is 2. The van der Waals surface area contributed by atoms with Crippen LogP contribution in [0.3, 0.4) is 0 Å². The van der Waals surface area contributed by atoms with Gasteiger partial charge in [-0.3, -0.25) is 9.69 Å². The number of carbonyl (C=O) groups excluding carboxylic acids is 3. The van der Waals surface area contributed by atoms with Gasteiger partial charge in [-0.05, 0) is 37.1 Å². The van der Waals surface area contributed by atoms with Crippen molar-refractivity contribution in [1.29, 1.82) is 0 Å². The molecule has 1 aliphatic rings. The van der Waals surface area contributed by atoms with E-state index in [-0.39, 0.29) is 19.0 Å². The molecule has 0 unspecified atom stereocenters. The van der Waals surface area contributed by atoms with E-state index in [1.165, 1.54) is 11.0 Å². The highest BCUT2D eigenvalue weighted by atomic mass is 16.6. The Hall–Kier alpha value is -3.15. The molecule has 1 amide bonds. The summed E-state index contributed by atoms with van der Waals surface area (Å²) in [5.74, 6) is -0.593. The number of hydrogen-bond donors (Lipinski definition) is 0. The Bertz CT molecular complexity index is 847. The van der Waals surface area contributed by atoms with E-state index in [9.17, 15) is 14.4 Å². The Kier molecular flexibility index (Phi) is 5.86. The molecule has 0 N–H and O–H groups in total. The minimum absolute atomic E-state index is 0.102. The zero-order valence-electron chi connectivity index (χ0n) is 15.1. The lowest BCUT2D eigenvalue weighted by molar-refractivity contribution is 0.0526. The highest BCUT2D eigenvalue weighted by molar-refractivity contribution is 6.07. The molecule has 0 aromatic heterocycles. The summed E-state index contributed by atoms with van der Waals surface area (Å²) in [6.07, 6.45) is 0.323. The quantitative estimate of drug-likeness (QED) is 0.764. The van der Waals surface area contributed by atoms with Crippen LogP contribution in [0, 0.1) is 0 Å². The first kappa shape index (κ1) is 18.6. The van der Waals surface area contributed by atoms with Gasteiger partial charge in [0, 0.05) is 18.5 Å².